The number of aromatic carboxylic acids is 1. The SMILES string of the molecule is O=C([O-])C1=C(C[n+]2ccc(CCS(=O)(=O)[O-])cc2)CS[C@@H]2[C@H](NC(=O)[C@H](NC(=O)c3cnc(C(=O)[O-])[nH]3)c3ccccc3)C(=O)N12.[Na+].[Na+]. The van der Waals surface area contributed by atoms with Gasteiger partial charge in [-0.1, -0.05) is 30.3 Å². The molecule has 0 unspecified atom stereocenters. The molecule has 1 saturated heterocycles. The summed E-state index contributed by atoms with van der Waals surface area (Å²) in [7, 11) is -4.38. The number of hydrogen-bond acceptors (Lipinski definition) is 12. The monoisotopic (exact) mass is 714 g/mol. The number of carbonyl (C=O) groups is 5. The third kappa shape index (κ3) is 9.13. The molecular weight excluding hydrogens is 690 g/mol. The van der Waals surface area contributed by atoms with Crippen molar-refractivity contribution in [2.24, 2.45) is 0 Å². The van der Waals surface area contributed by atoms with Crippen molar-refractivity contribution in [3.63, 3.8) is 0 Å². The molecule has 3 aromatic rings. The molecule has 20 heteroatoms. The fraction of sp³-hybridized carbons (Fsp3) is 0.250. The van der Waals surface area contributed by atoms with E-state index in [-0.39, 0.29) is 89.2 Å². The number of aromatic amines is 1. The quantitative estimate of drug-likeness (QED) is 0.0685. The molecule has 0 radical (unpaired) electrons. The Labute approximate surface area is 322 Å². The number of carboxylic acid groups (broad SMARTS) is 2. The van der Waals surface area contributed by atoms with Gasteiger partial charge in [-0.15, -0.1) is 11.8 Å². The van der Waals surface area contributed by atoms with Crippen molar-refractivity contribution in [2.45, 2.75) is 30.4 Å². The summed E-state index contributed by atoms with van der Waals surface area (Å²) >= 11 is 1.22. The van der Waals surface area contributed by atoms with Gasteiger partial charge in [0.1, 0.15) is 29.1 Å². The van der Waals surface area contributed by atoms with Crippen molar-refractivity contribution in [2.75, 3.05) is 11.5 Å². The summed E-state index contributed by atoms with van der Waals surface area (Å²) in [6.07, 6.45) is 4.16. The van der Waals surface area contributed by atoms with Gasteiger partial charge in [-0.2, -0.15) is 0 Å². The van der Waals surface area contributed by atoms with Gasteiger partial charge in [-0.05, 0) is 17.5 Å². The number of nitrogens with zero attached hydrogens (tertiary/aromatic N) is 3. The van der Waals surface area contributed by atoms with E-state index in [2.05, 4.69) is 20.6 Å². The van der Waals surface area contributed by atoms with Crippen molar-refractivity contribution < 1.29 is 111 Å². The fourth-order valence-corrected chi connectivity index (χ4v) is 6.77. The van der Waals surface area contributed by atoms with Crippen molar-refractivity contribution in [3.8, 4) is 0 Å². The number of imidazole rings is 1. The number of carbonyl (C=O) groups excluding carboxylic acids is 5. The first-order valence-corrected chi connectivity index (χ1v) is 16.2. The summed E-state index contributed by atoms with van der Waals surface area (Å²) in [5.41, 5.74) is 0.730. The number of aromatic nitrogens is 3. The van der Waals surface area contributed by atoms with Gasteiger partial charge in [0.05, 0.1) is 28.0 Å². The van der Waals surface area contributed by atoms with Crippen molar-refractivity contribution in [1.82, 2.24) is 25.5 Å². The Bertz CT molecular complexity index is 1860. The molecule has 5 rings (SSSR count). The molecule has 1 aromatic carbocycles. The molecule has 48 heavy (non-hydrogen) atoms. The molecule has 2 aliphatic rings. The van der Waals surface area contributed by atoms with Crippen LogP contribution in [0, 0.1) is 0 Å². The molecule has 16 nitrogen and oxygen atoms in total. The maximum atomic E-state index is 13.5. The first-order valence-electron chi connectivity index (χ1n) is 13.5. The molecule has 0 bridgehead atoms. The number of aliphatic carboxylic acids is 1. The second-order valence-electron chi connectivity index (χ2n) is 10.3. The van der Waals surface area contributed by atoms with Gasteiger partial charge in [-0.3, -0.25) is 19.3 Å². The Morgan fingerprint density at radius 3 is 2.31 bits per heavy atom. The van der Waals surface area contributed by atoms with Gasteiger partial charge in [0, 0.05) is 29.2 Å². The number of aryl methyl sites for hydroxylation is 1. The third-order valence-electron chi connectivity index (χ3n) is 7.20. The number of rotatable bonds is 12. The topological polar surface area (TPSA) is 249 Å². The maximum absolute atomic E-state index is 13.5. The van der Waals surface area contributed by atoms with E-state index in [9.17, 15) is 47.2 Å². The van der Waals surface area contributed by atoms with Gasteiger partial charge >= 0.3 is 59.1 Å². The first-order chi connectivity index (χ1) is 21.8. The Kier molecular flexibility index (Phi) is 13.6. The standard InChI is InChI=1S/C28H26N6O10S2.2Na/c35-23(18-12-29-22(30-18)28(40)41)31-19(16-4-2-1-3-5-16)24(36)32-20-25(37)34-21(27(38)39)17(14-45-26(20)34)13-33-9-6-15(7-10-33)8-11-46(42,43)44;;/h1-7,9-10,12,19-20,26H,8,11,13-14H2,(H5-,29,30,31,32,35,36,38,39,40,41,42,43,44);;/q;2*+1/p-2/t19-,20-,26-;;/m1../s1. The second kappa shape index (κ2) is 16.6. The average Bonchev–Trinajstić information content (AvgIpc) is 3.53. The van der Waals surface area contributed by atoms with Crippen LogP contribution in [0.5, 0.6) is 0 Å². The zero-order chi connectivity index (χ0) is 33.2. The Balaban J connectivity index is 0.00000312. The van der Waals surface area contributed by atoms with Crippen LogP contribution in [0.15, 0.2) is 72.3 Å². The largest absolute Gasteiger partial charge is 1.00 e. The van der Waals surface area contributed by atoms with Crippen LogP contribution in [0.1, 0.15) is 38.3 Å². The molecule has 240 valence electrons. The van der Waals surface area contributed by atoms with Crippen molar-refractivity contribution in [1.29, 1.82) is 0 Å². The molecule has 3 amide bonds. The number of nitrogens with one attached hydrogen (secondary N) is 3. The van der Waals surface area contributed by atoms with Crippen LogP contribution in [-0.2, 0) is 37.5 Å². The second-order valence-corrected chi connectivity index (χ2v) is 12.9. The molecule has 2 aromatic heterocycles. The average molecular weight is 715 g/mol. The molecule has 0 spiro atoms. The normalized spacial score (nSPS) is 17.5. The Hall–Kier alpha value is -3.07. The number of pyridine rings is 1. The summed E-state index contributed by atoms with van der Waals surface area (Å²) in [6.45, 7) is 0.0688. The summed E-state index contributed by atoms with van der Waals surface area (Å²) in [6, 6.07) is 8.81. The fourth-order valence-electron chi connectivity index (χ4n) is 4.95. The molecule has 2 aliphatic heterocycles. The molecule has 4 heterocycles. The number of carboxylic acids is 2. The number of β-lactam (4-membered cyclic amide) rings is 1. The van der Waals surface area contributed by atoms with Gasteiger partial charge in [0.15, 0.2) is 24.8 Å². The first kappa shape index (κ1) is 39.4. The van der Waals surface area contributed by atoms with E-state index in [1.54, 1.807) is 59.4 Å². The smallest absolute Gasteiger partial charge is 0.748 e. The van der Waals surface area contributed by atoms with Crippen molar-refractivity contribution >= 4 is 51.5 Å². The summed E-state index contributed by atoms with van der Waals surface area (Å²) in [5, 5.41) is 27.5. The Morgan fingerprint density at radius 1 is 1.06 bits per heavy atom. The minimum Gasteiger partial charge on any atom is -0.748 e. The molecular formula is C28H24N6Na2O10S2. The van der Waals surface area contributed by atoms with Gasteiger partial charge in [0.2, 0.25) is 5.91 Å². The number of H-pyrrole nitrogens is 1. The minimum absolute atomic E-state index is 0. The van der Waals surface area contributed by atoms with E-state index in [0.29, 0.717) is 16.7 Å². The van der Waals surface area contributed by atoms with Crippen LogP contribution in [0.2, 0.25) is 0 Å². The van der Waals surface area contributed by atoms with E-state index in [1.165, 1.54) is 11.8 Å². The molecule has 3 atom stereocenters. The number of hydrogen-bond donors (Lipinski definition) is 3. The van der Waals surface area contributed by atoms with E-state index in [1.807, 2.05) is 0 Å². The maximum Gasteiger partial charge on any atom is 1.00 e. The van der Waals surface area contributed by atoms with Crippen LogP contribution in [0.4, 0.5) is 0 Å². The number of thioether (sulfide) groups is 1. The van der Waals surface area contributed by atoms with Crippen molar-refractivity contribution in [3.05, 3.63) is 95.0 Å². The molecule has 1 fully saturated rings. The molecule has 0 saturated carbocycles. The van der Waals surface area contributed by atoms with E-state index < -0.39 is 68.8 Å². The van der Waals surface area contributed by atoms with Gasteiger partial charge in [-0.25, -0.2) is 18.0 Å². The van der Waals surface area contributed by atoms with Crippen LogP contribution < -0.4 is 84.5 Å². The Morgan fingerprint density at radius 2 is 1.73 bits per heavy atom. The minimum atomic E-state index is -4.38. The summed E-state index contributed by atoms with van der Waals surface area (Å²) in [4.78, 5) is 69.6. The predicted octanol–water partition coefficient (Wildman–Crippen LogP) is -9.27. The molecule has 0 aliphatic carbocycles. The zero-order valence-corrected chi connectivity index (χ0v) is 31.2. The zero-order valence-electron chi connectivity index (χ0n) is 25.6. The number of benzene rings is 1. The van der Waals surface area contributed by atoms with Crippen LogP contribution in [0.3, 0.4) is 0 Å². The predicted molar refractivity (Wildman–Crippen MR) is 152 cm³/mol. The van der Waals surface area contributed by atoms with E-state index in [4.69, 9.17) is 0 Å². The van der Waals surface area contributed by atoms with E-state index >= 15 is 0 Å². The summed E-state index contributed by atoms with van der Waals surface area (Å²) < 4.78 is 34.3. The van der Waals surface area contributed by atoms with Crippen LogP contribution in [0.25, 0.3) is 0 Å². The molecule has 3 N–H and O–H groups in total. The third-order valence-corrected chi connectivity index (χ3v) is 9.24. The number of amides is 3. The van der Waals surface area contributed by atoms with Gasteiger partial charge in [0.25, 0.3) is 11.8 Å². The van der Waals surface area contributed by atoms with Gasteiger partial charge < -0.3 is 40.0 Å². The van der Waals surface area contributed by atoms with E-state index in [0.717, 1.165) is 11.1 Å². The summed E-state index contributed by atoms with van der Waals surface area (Å²) in [5.74, 6) is -6.52. The van der Waals surface area contributed by atoms with Crippen LogP contribution in [-0.4, -0.2) is 80.4 Å². The number of fused-ring (bicyclic) bond motifs is 1. The van der Waals surface area contributed by atoms with Crippen LogP contribution >= 0.6 is 11.8 Å².